The fraction of sp³-hybridized carbons (Fsp3) is 0.846. The zero-order valence-corrected chi connectivity index (χ0v) is 11.6. The maximum Gasteiger partial charge on any atom is 0.225 e. The van der Waals surface area contributed by atoms with E-state index in [0.717, 1.165) is 0 Å². The molecular formula is C13H24N2O3. The van der Waals surface area contributed by atoms with Gasteiger partial charge in [-0.3, -0.25) is 9.59 Å². The molecule has 1 aliphatic rings. The van der Waals surface area contributed by atoms with Crippen molar-refractivity contribution < 1.29 is 14.7 Å². The highest BCUT2D eigenvalue weighted by Crippen LogP contribution is 2.26. The molecule has 1 rings (SSSR count). The van der Waals surface area contributed by atoms with E-state index in [-0.39, 0.29) is 29.8 Å². The van der Waals surface area contributed by atoms with Gasteiger partial charge in [0.15, 0.2) is 0 Å². The maximum atomic E-state index is 12.2. The standard InChI is InChI=1S/C13H24N2O3/c1-8(2)15(4)13(18)10-5-6-12(17)11(7-10)14-9(3)16/h8,10-12,17H,5-7H2,1-4H3,(H,14,16)/t10-,11+,12+/m0/s1. The van der Waals surface area contributed by atoms with Crippen molar-refractivity contribution in [2.45, 2.75) is 58.2 Å². The highest BCUT2D eigenvalue weighted by Gasteiger charge is 2.34. The molecule has 0 heterocycles. The monoisotopic (exact) mass is 256 g/mol. The van der Waals surface area contributed by atoms with Crippen molar-refractivity contribution in [1.29, 1.82) is 0 Å². The molecule has 3 atom stereocenters. The van der Waals surface area contributed by atoms with E-state index < -0.39 is 6.10 Å². The van der Waals surface area contributed by atoms with E-state index in [1.54, 1.807) is 11.9 Å². The summed E-state index contributed by atoms with van der Waals surface area (Å²) in [6.45, 7) is 5.38. The largest absolute Gasteiger partial charge is 0.391 e. The minimum Gasteiger partial charge on any atom is -0.391 e. The summed E-state index contributed by atoms with van der Waals surface area (Å²) in [5, 5.41) is 12.6. The summed E-state index contributed by atoms with van der Waals surface area (Å²) in [6.07, 6.45) is 1.24. The van der Waals surface area contributed by atoms with Gasteiger partial charge in [0.2, 0.25) is 11.8 Å². The first-order valence-electron chi connectivity index (χ1n) is 6.54. The molecule has 5 nitrogen and oxygen atoms in total. The summed E-state index contributed by atoms with van der Waals surface area (Å²) in [4.78, 5) is 25.0. The van der Waals surface area contributed by atoms with Crippen LogP contribution in [-0.2, 0) is 9.59 Å². The Balaban J connectivity index is 2.63. The molecule has 0 aromatic rings. The highest BCUT2D eigenvalue weighted by molar-refractivity contribution is 5.79. The predicted molar refractivity (Wildman–Crippen MR) is 68.9 cm³/mol. The average molecular weight is 256 g/mol. The summed E-state index contributed by atoms with van der Waals surface area (Å²) in [5.74, 6) is -0.158. The number of hydrogen-bond donors (Lipinski definition) is 2. The minimum absolute atomic E-state index is 0.0994. The topological polar surface area (TPSA) is 69.6 Å². The number of hydrogen-bond acceptors (Lipinski definition) is 3. The van der Waals surface area contributed by atoms with E-state index in [1.807, 2.05) is 13.8 Å². The molecule has 0 aromatic heterocycles. The normalized spacial score (nSPS) is 28.0. The second kappa shape index (κ2) is 6.18. The Hall–Kier alpha value is -1.10. The van der Waals surface area contributed by atoms with Crippen LogP contribution < -0.4 is 5.32 Å². The van der Waals surface area contributed by atoms with Crippen molar-refractivity contribution in [3.63, 3.8) is 0 Å². The van der Waals surface area contributed by atoms with E-state index in [4.69, 9.17) is 0 Å². The molecule has 1 fully saturated rings. The van der Waals surface area contributed by atoms with Gasteiger partial charge in [0.25, 0.3) is 0 Å². The van der Waals surface area contributed by atoms with Gasteiger partial charge in [0.1, 0.15) is 0 Å². The van der Waals surface area contributed by atoms with E-state index in [2.05, 4.69) is 5.32 Å². The van der Waals surface area contributed by atoms with Crippen LogP contribution in [0.5, 0.6) is 0 Å². The Bertz CT molecular complexity index is 317. The number of carbonyl (C=O) groups excluding carboxylic acids is 2. The van der Waals surface area contributed by atoms with Crippen LogP contribution in [0.25, 0.3) is 0 Å². The number of rotatable bonds is 3. The fourth-order valence-electron chi connectivity index (χ4n) is 2.34. The second-order valence-electron chi connectivity index (χ2n) is 5.43. The van der Waals surface area contributed by atoms with Gasteiger partial charge in [-0.25, -0.2) is 0 Å². The molecule has 0 saturated heterocycles. The minimum atomic E-state index is -0.540. The molecule has 0 aliphatic heterocycles. The molecular weight excluding hydrogens is 232 g/mol. The van der Waals surface area contributed by atoms with E-state index in [9.17, 15) is 14.7 Å². The lowest BCUT2D eigenvalue weighted by atomic mass is 9.82. The van der Waals surface area contributed by atoms with Gasteiger partial charge in [-0.1, -0.05) is 0 Å². The van der Waals surface area contributed by atoms with Crippen molar-refractivity contribution >= 4 is 11.8 Å². The maximum absolute atomic E-state index is 12.2. The molecule has 104 valence electrons. The van der Waals surface area contributed by atoms with Gasteiger partial charge < -0.3 is 15.3 Å². The lowest BCUT2D eigenvalue weighted by molar-refractivity contribution is -0.138. The Morgan fingerprint density at radius 2 is 1.94 bits per heavy atom. The first-order valence-corrected chi connectivity index (χ1v) is 6.54. The summed E-state index contributed by atoms with van der Waals surface area (Å²) in [7, 11) is 1.80. The predicted octanol–water partition coefficient (Wildman–Crippen LogP) is 0.519. The Morgan fingerprint density at radius 3 is 2.44 bits per heavy atom. The van der Waals surface area contributed by atoms with E-state index >= 15 is 0 Å². The van der Waals surface area contributed by atoms with Crippen molar-refractivity contribution in [1.82, 2.24) is 10.2 Å². The molecule has 0 radical (unpaired) electrons. The summed E-state index contributed by atoms with van der Waals surface area (Å²) in [5.41, 5.74) is 0. The molecule has 1 saturated carbocycles. The van der Waals surface area contributed by atoms with Crippen molar-refractivity contribution in [3.05, 3.63) is 0 Å². The van der Waals surface area contributed by atoms with Crippen molar-refractivity contribution in [3.8, 4) is 0 Å². The third-order valence-electron chi connectivity index (χ3n) is 3.67. The lowest BCUT2D eigenvalue weighted by Gasteiger charge is -2.35. The summed E-state index contributed by atoms with van der Waals surface area (Å²) in [6, 6.07) is -0.130. The van der Waals surface area contributed by atoms with Crippen LogP contribution in [0.15, 0.2) is 0 Å². The number of aliphatic hydroxyl groups excluding tert-OH is 1. The molecule has 0 unspecified atom stereocenters. The Morgan fingerprint density at radius 1 is 1.33 bits per heavy atom. The van der Waals surface area contributed by atoms with Gasteiger partial charge in [0, 0.05) is 25.9 Å². The SMILES string of the molecule is CC(=O)N[C@@H]1C[C@@H](C(=O)N(C)C(C)C)CC[C@H]1O. The van der Waals surface area contributed by atoms with Crippen LogP contribution in [-0.4, -0.2) is 47.1 Å². The molecule has 1 aliphatic carbocycles. The van der Waals surface area contributed by atoms with Gasteiger partial charge >= 0.3 is 0 Å². The number of amides is 2. The van der Waals surface area contributed by atoms with Crippen molar-refractivity contribution in [2.75, 3.05) is 7.05 Å². The van der Waals surface area contributed by atoms with Gasteiger partial charge in [0.05, 0.1) is 12.1 Å². The quantitative estimate of drug-likeness (QED) is 0.773. The second-order valence-corrected chi connectivity index (χ2v) is 5.43. The molecule has 2 N–H and O–H groups in total. The molecule has 0 aromatic carbocycles. The molecule has 18 heavy (non-hydrogen) atoms. The zero-order chi connectivity index (χ0) is 13.9. The summed E-state index contributed by atoms with van der Waals surface area (Å²) < 4.78 is 0. The molecule has 2 amide bonds. The Kier molecular flexibility index (Phi) is 5.14. The lowest BCUT2D eigenvalue weighted by Crippen LogP contribution is -2.49. The van der Waals surface area contributed by atoms with Gasteiger partial charge in [-0.15, -0.1) is 0 Å². The van der Waals surface area contributed by atoms with Crippen molar-refractivity contribution in [2.24, 2.45) is 5.92 Å². The third-order valence-corrected chi connectivity index (χ3v) is 3.67. The molecule has 0 bridgehead atoms. The number of carbonyl (C=O) groups is 2. The van der Waals surface area contributed by atoms with Crippen LogP contribution in [0.1, 0.15) is 40.0 Å². The smallest absolute Gasteiger partial charge is 0.225 e. The molecule has 5 heteroatoms. The highest BCUT2D eigenvalue weighted by atomic mass is 16.3. The number of nitrogens with zero attached hydrogens (tertiary/aromatic N) is 1. The van der Waals surface area contributed by atoms with Gasteiger partial charge in [-0.05, 0) is 33.1 Å². The van der Waals surface area contributed by atoms with Gasteiger partial charge in [-0.2, -0.15) is 0 Å². The first kappa shape index (κ1) is 15.0. The van der Waals surface area contributed by atoms with Crippen LogP contribution in [0.2, 0.25) is 0 Å². The van der Waals surface area contributed by atoms with Crippen LogP contribution in [0.4, 0.5) is 0 Å². The number of aliphatic hydroxyl groups is 1. The average Bonchev–Trinajstić information content (AvgIpc) is 2.29. The summed E-state index contributed by atoms with van der Waals surface area (Å²) >= 11 is 0. The number of nitrogens with one attached hydrogen (secondary N) is 1. The van der Waals surface area contributed by atoms with E-state index in [1.165, 1.54) is 6.92 Å². The Labute approximate surface area is 109 Å². The van der Waals surface area contributed by atoms with Crippen LogP contribution in [0, 0.1) is 5.92 Å². The first-order chi connectivity index (χ1) is 8.32. The van der Waals surface area contributed by atoms with E-state index in [0.29, 0.717) is 19.3 Å². The third kappa shape index (κ3) is 3.70. The van der Waals surface area contributed by atoms with Crippen LogP contribution >= 0.6 is 0 Å². The zero-order valence-electron chi connectivity index (χ0n) is 11.6. The van der Waals surface area contributed by atoms with Crippen LogP contribution in [0.3, 0.4) is 0 Å². The molecule has 0 spiro atoms. The fourth-order valence-corrected chi connectivity index (χ4v) is 2.34.